The number of isocyanates is 1. The lowest BCUT2D eigenvalue weighted by molar-refractivity contribution is 0.0899. The zero-order valence-electron chi connectivity index (χ0n) is 8.93. The van der Waals surface area contributed by atoms with Crippen molar-refractivity contribution >= 4 is 11.9 Å². The predicted octanol–water partition coefficient (Wildman–Crippen LogP) is 2.37. The summed E-state index contributed by atoms with van der Waals surface area (Å²) in [7, 11) is 0. The van der Waals surface area contributed by atoms with Crippen LogP contribution in [0.3, 0.4) is 0 Å². The van der Waals surface area contributed by atoms with Crippen molar-refractivity contribution in [2.75, 3.05) is 0 Å². The first-order valence-electron chi connectivity index (χ1n) is 5.49. The highest BCUT2D eigenvalue weighted by molar-refractivity contribution is 6.00. The van der Waals surface area contributed by atoms with Gasteiger partial charge in [-0.25, -0.2) is 4.79 Å². The molecule has 0 aromatic heterocycles. The zero-order valence-corrected chi connectivity index (χ0v) is 8.93. The maximum absolute atomic E-state index is 12.1. The van der Waals surface area contributed by atoms with E-state index in [2.05, 4.69) is 4.99 Å². The summed E-state index contributed by atoms with van der Waals surface area (Å²) < 4.78 is 0. The van der Waals surface area contributed by atoms with E-state index in [0.717, 1.165) is 19.3 Å². The molecule has 3 nitrogen and oxygen atoms in total. The van der Waals surface area contributed by atoms with E-state index in [1.54, 1.807) is 12.1 Å². The van der Waals surface area contributed by atoms with E-state index in [1.807, 2.05) is 18.2 Å². The van der Waals surface area contributed by atoms with Crippen LogP contribution in [0, 0.1) is 5.92 Å². The van der Waals surface area contributed by atoms with Crippen molar-refractivity contribution in [1.29, 1.82) is 0 Å². The lowest BCUT2D eigenvalue weighted by atomic mass is 9.77. The van der Waals surface area contributed by atoms with Gasteiger partial charge in [0.15, 0.2) is 5.78 Å². The van der Waals surface area contributed by atoms with Gasteiger partial charge in [-0.1, -0.05) is 36.8 Å². The van der Waals surface area contributed by atoms with Crippen LogP contribution in [-0.4, -0.2) is 17.9 Å². The van der Waals surface area contributed by atoms with E-state index in [1.165, 1.54) is 6.08 Å². The van der Waals surface area contributed by atoms with Gasteiger partial charge in [-0.2, -0.15) is 4.99 Å². The number of Topliss-reactive ketones (excluding diaryl/α,β-unsaturated/α-hetero) is 1. The van der Waals surface area contributed by atoms with Gasteiger partial charge < -0.3 is 0 Å². The molecule has 0 radical (unpaired) electrons. The van der Waals surface area contributed by atoms with E-state index in [4.69, 9.17) is 0 Å². The van der Waals surface area contributed by atoms with E-state index in [9.17, 15) is 9.59 Å². The highest BCUT2D eigenvalue weighted by atomic mass is 16.1. The minimum Gasteiger partial charge on any atom is -0.292 e. The minimum absolute atomic E-state index is 0.0614. The molecule has 1 aromatic carbocycles. The number of benzene rings is 1. The summed E-state index contributed by atoms with van der Waals surface area (Å²) >= 11 is 0. The smallest absolute Gasteiger partial charge is 0.235 e. The molecule has 1 saturated carbocycles. The van der Waals surface area contributed by atoms with Crippen molar-refractivity contribution in [3.05, 3.63) is 35.9 Å². The highest BCUT2D eigenvalue weighted by Gasteiger charge is 2.32. The number of ketones is 1. The van der Waals surface area contributed by atoms with Crippen molar-refractivity contribution in [2.45, 2.75) is 25.3 Å². The monoisotopic (exact) mass is 215 g/mol. The van der Waals surface area contributed by atoms with Crippen molar-refractivity contribution in [3.8, 4) is 0 Å². The molecule has 0 heterocycles. The SMILES string of the molecule is O=C=N[C@H](C(=O)c1ccccc1)C1CCC1. The Hall–Kier alpha value is -1.73. The van der Waals surface area contributed by atoms with Crippen LogP contribution in [-0.2, 0) is 4.79 Å². The molecule has 0 spiro atoms. The number of carbonyl (C=O) groups is 1. The number of hydrogen-bond donors (Lipinski definition) is 0. The summed E-state index contributed by atoms with van der Waals surface area (Å²) in [5.74, 6) is 0.169. The molecule has 2 rings (SSSR count). The van der Waals surface area contributed by atoms with Gasteiger partial charge in [0.25, 0.3) is 0 Å². The van der Waals surface area contributed by atoms with E-state index in [0.29, 0.717) is 5.56 Å². The number of rotatable bonds is 4. The van der Waals surface area contributed by atoms with E-state index in [-0.39, 0.29) is 11.7 Å². The molecule has 1 fully saturated rings. The molecule has 1 aliphatic rings. The summed E-state index contributed by atoms with van der Waals surface area (Å²) in [6, 6.07) is 8.49. The maximum Gasteiger partial charge on any atom is 0.235 e. The second kappa shape index (κ2) is 4.86. The fraction of sp³-hybridized carbons (Fsp3) is 0.385. The van der Waals surface area contributed by atoms with Crippen molar-refractivity contribution in [1.82, 2.24) is 0 Å². The molecule has 16 heavy (non-hydrogen) atoms. The van der Waals surface area contributed by atoms with Gasteiger partial charge in [0.2, 0.25) is 6.08 Å². The zero-order chi connectivity index (χ0) is 11.4. The summed E-state index contributed by atoms with van der Waals surface area (Å²) in [5.41, 5.74) is 0.624. The third-order valence-electron chi connectivity index (χ3n) is 3.12. The van der Waals surface area contributed by atoms with Crippen LogP contribution in [0.1, 0.15) is 29.6 Å². The van der Waals surface area contributed by atoms with Gasteiger partial charge in [0.1, 0.15) is 6.04 Å². The topological polar surface area (TPSA) is 46.5 Å². The molecule has 3 heteroatoms. The lowest BCUT2D eigenvalue weighted by Gasteiger charge is -2.29. The number of aliphatic imine (C=N–C) groups is 1. The fourth-order valence-corrected chi connectivity index (χ4v) is 1.96. The Kier molecular flexibility index (Phi) is 3.28. The molecule has 0 saturated heterocycles. The van der Waals surface area contributed by atoms with Crippen LogP contribution in [0.25, 0.3) is 0 Å². The third kappa shape index (κ3) is 2.10. The van der Waals surface area contributed by atoms with Gasteiger partial charge in [0.05, 0.1) is 0 Å². The quantitative estimate of drug-likeness (QED) is 0.439. The van der Waals surface area contributed by atoms with Crippen LogP contribution in [0.2, 0.25) is 0 Å². The molecule has 82 valence electrons. The van der Waals surface area contributed by atoms with Crippen molar-refractivity contribution in [2.24, 2.45) is 10.9 Å². The average Bonchev–Trinajstić information content (AvgIpc) is 2.26. The van der Waals surface area contributed by atoms with Crippen molar-refractivity contribution in [3.63, 3.8) is 0 Å². The Bertz CT molecular complexity index is 417. The summed E-state index contributed by atoms with van der Waals surface area (Å²) in [6.45, 7) is 0. The Morgan fingerprint density at radius 2 is 2.00 bits per heavy atom. The van der Waals surface area contributed by atoms with Crippen LogP contribution < -0.4 is 0 Å². The second-order valence-corrected chi connectivity index (χ2v) is 4.09. The van der Waals surface area contributed by atoms with Gasteiger partial charge >= 0.3 is 0 Å². The Morgan fingerprint density at radius 3 is 2.50 bits per heavy atom. The molecule has 1 atom stereocenters. The largest absolute Gasteiger partial charge is 0.292 e. The molecule has 0 N–H and O–H groups in total. The fourth-order valence-electron chi connectivity index (χ4n) is 1.96. The van der Waals surface area contributed by atoms with Crippen LogP contribution in [0.15, 0.2) is 35.3 Å². The standard InChI is InChI=1S/C13H13NO2/c15-9-14-12(10-7-4-8-10)13(16)11-5-2-1-3-6-11/h1-3,5-6,10,12H,4,7-8H2/t12-/m0/s1. The summed E-state index contributed by atoms with van der Waals surface area (Å²) in [5, 5.41) is 0. The number of nitrogens with zero attached hydrogens (tertiary/aromatic N) is 1. The van der Waals surface area contributed by atoms with Gasteiger partial charge in [0, 0.05) is 5.56 Å². The Morgan fingerprint density at radius 1 is 1.31 bits per heavy atom. The summed E-state index contributed by atoms with van der Waals surface area (Å²) in [6.07, 6.45) is 4.61. The molecule has 0 aliphatic heterocycles. The predicted molar refractivity (Wildman–Crippen MR) is 60.0 cm³/mol. The van der Waals surface area contributed by atoms with Crippen LogP contribution in [0.4, 0.5) is 0 Å². The molecule has 1 aliphatic carbocycles. The molecular weight excluding hydrogens is 202 g/mol. The van der Waals surface area contributed by atoms with Gasteiger partial charge in [-0.3, -0.25) is 4.79 Å². The Labute approximate surface area is 94.2 Å². The molecular formula is C13H13NO2. The molecule has 0 amide bonds. The van der Waals surface area contributed by atoms with E-state index < -0.39 is 6.04 Å². The minimum atomic E-state index is -0.520. The summed E-state index contributed by atoms with van der Waals surface area (Å²) in [4.78, 5) is 26.1. The number of hydrogen-bond acceptors (Lipinski definition) is 3. The van der Waals surface area contributed by atoms with Crippen LogP contribution in [0.5, 0.6) is 0 Å². The van der Waals surface area contributed by atoms with Crippen molar-refractivity contribution < 1.29 is 9.59 Å². The normalized spacial score (nSPS) is 17.0. The van der Waals surface area contributed by atoms with Gasteiger partial charge in [-0.05, 0) is 18.8 Å². The maximum atomic E-state index is 12.1. The van der Waals surface area contributed by atoms with Crippen LogP contribution >= 0.6 is 0 Å². The third-order valence-corrected chi connectivity index (χ3v) is 3.12. The second-order valence-electron chi connectivity index (χ2n) is 4.09. The Balaban J connectivity index is 2.20. The molecule has 0 bridgehead atoms. The van der Waals surface area contributed by atoms with E-state index >= 15 is 0 Å². The van der Waals surface area contributed by atoms with Gasteiger partial charge in [-0.15, -0.1) is 0 Å². The average molecular weight is 215 g/mol. The lowest BCUT2D eigenvalue weighted by Crippen LogP contribution is -2.32. The highest BCUT2D eigenvalue weighted by Crippen LogP contribution is 2.32. The first-order chi connectivity index (χ1) is 7.83. The molecule has 1 aromatic rings. The first-order valence-corrected chi connectivity index (χ1v) is 5.49. The first kappa shape index (κ1) is 10.8. The number of carbonyl (C=O) groups excluding carboxylic acids is 2. The molecule has 0 unspecified atom stereocenters.